The molecular weight excluding hydrogens is 290 g/mol. The van der Waals surface area contributed by atoms with Crippen LogP contribution in [-0.4, -0.2) is 47.8 Å². The van der Waals surface area contributed by atoms with Gasteiger partial charge in [0.15, 0.2) is 0 Å². The fraction of sp³-hybridized carbons (Fsp3) is 0.842. The van der Waals surface area contributed by atoms with Gasteiger partial charge in [-0.05, 0) is 32.1 Å². The molecule has 0 fully saturated rings. The van der Waals surface area contributed by atoms with E-state index in [1.807, 2.05) is 6.92 Å². The summed E-state index contributed by atoms with van der Waals surface area (Å²) >= 11 is 0. The lowest BCUT2D eigenvalue weighted by atomic mass is 10.0. The van der Waals surface area contributed by atoms with Crippen LogP contribution in [0.15, 0.2) is 12.2 Å². The summed E-state index contributed by atoms with van der Waals surface area (Å²) in [5.74, 6) is -1.39. The first kappa shape index (κ1) is 22.1. The minimum absolute atomic E-state index is 0.416. The Morgan fingerprint density at radius 1 is 1.04 bits per heavy atom. The average molecular weight is 328 g/mol. The van der Waals surface area contributed by atoms with Gasteiger partial charge in [-0.2, -0.15) is 0 Å². The lowest BCUT2D eigenvalue weighted by Crippen LogP contribution is -2.57. The molecule has 0 saturated heterocycles. The van der Waals surface area contributed by atoms with Crippen LogP contribution in [0.5, 0.6) is 0 Å². The second-order valence-electron chi connectivity index (χ2n) is 6.73. The summed E-state index contributed by atoms with van der Waals surface area (Å²) in [6.07, 6.45) is 9.12. The Balaban J connectivity index is 4.97. The van der Waals surface area contributed by atoms with Gasteiger partial charge in [0.05, 0.1) is 25.6 Å². The summed E-state index contributed by atoms with van der Waals surface area (Å²) < 4.78 is 0.683. The summed E-state index contributed by atoms with van der Waals surface area (Å²) in [5, 5.41) is 21.8. The van der Waals surface area contributed by atoms with Crippen molar-refractivity contribution in [3.63, 3.8) is 0 Å². The zero-order valence-electron chi connectivity index (χ0n) is 15.6. The summed E-state index contributed by atoms with van der Waals surface area (Å²) in [4.78, 5) is 11.4. The van der Waals surface area contributed by atoms with Gasteiger partial charge >= 0.3 is 0 Å². The zero-order chi connectivity index (χ0) is 17.7. The minimum atomic E-state index is -0.959. The number of nitrogens with zero attached hydrogens (tertiary/aromatic N) is 1. The first-order valence-electron chi connectivity index (χ1n) is 9.33. The molecule has 0 aliphatic carbocycles. The van der Waals surface area contributed by atoms with E-state index in [1.165, 1.54) is 0 Å². The van der Waals surface area contributed by atoms with Crippen LogP contribution in [-0.2, 0) is 4.79 Å². The maximum absolute atomic E-state index is 11.4. The molecule has 136 valence electrons. The highest BCUT2D eigenvalue weighted by atomic mass is 16.4. The first-order chi connectivity index (χ1) is 10.9. The maximum Gasteiger partial charge on any atom is 0.106 e. The Labute approximate surface area is 142 Å². The van der Waals surface area contributed by atoms with Crippen molar-refractivity contribution in [2.75, 3.05) is 26.2 Å². The van der Waals surface area contributed by atoms with E-state index < -0.39 is 18.0 Å². The Morgan fingerprint density at radius 3 is 2.09 bits per heavy atom. The molecule has 0 aromatic heterocycles. The quantitative estimate of drug-likeness (QED) is 0.394. The summed E-state index contributed by atoms with van der Waals surface area (Å²) in [6.45, 7) is 11.3. The van der Waals surface area contributed by atoms with Gasteiger partial charge in [-0.3, -0.25) is 0 Å². The Hall–Kier alpha value is -0.870. The van der Waals surface area contributed by atoms with Gasteiger partial charge in [0, 0.05) is 5.92 Å². The van der Waals surface area contributed by atoms with E-state index in [1.54, 1.807) is 0 Å². The summed E-state index contributed by atoms with van der Waals surface area (Å²) in [6, 6.07) is 0. The molecule has 4 heteroatoms. The van der Waals surface area contributed by atoms with Crippen molar-refractivity contribution >= 4 is 5.97 Å². The van der Waals surface area contributed by atoms with Crippen LogP contribution in [0.25, 0.3) is 0 Å². The fourth-order valence-corrected chi connectivity index (χ4v) is 3.40. The van der Waals surface area contributed by atoms with Crippen molar-refractivity contribution in [1.82, 2.24) is 0 Å². The Bertz CT molecular complexity index is 336. The number of hydrogen-bond donors (Lipinski definition) is 1. The predicted octanol–water partition coefficient (Wildman–Crippen LogP) is 2.51. The SMILES string of the molecule is CCC/C=C/CC(O)C[N+](CCC)(CCC)CC(CC)C(=O)[O-]. The van der Waals surface area contributed by atoms with E-state index in [9.17, 15) is 15.0 Å². The highest BCUT2D eigenvalue weighted by Gasteiger charge is 2.31. The standard InChI is InChI=1S/C19H37NO3/c1-5-9-10-11-12-18(21)16-20(13-6-2,14-7-3)15-17(8-4)19(22)23/h10-11,17-18,21H,5-9,12-16H2,1-4H3/b11-10+. The number of aliphatic hydroxyl groups is 1. The van der Waals surface area contributed by atoms with Gasteiger partial charge in [-0.25, -0.2) is 0 Å². The Kier molecular flexibility index (Phi) is 12.1. The zero-order valence-corrected chi connectivity index (χ0v) is 15.6. The molecule has 0 spiro atoms. The highest BCUT2D eigenvalue weighted by molar-refractivity contribution is 5.67. The maximum atomic E-state index is 11.4. The number of rotatable bonds is 14. The van der Waals surface area contributed by atoms with Crippen LogP contribution in [0.4, 0.5) is 0 Å². The lowest BCUT2D eigenvalue weighted by molar-refractivity contribution is -0.933. The largest absolute Gasteiger partial charge is 0.550 e. The van der Waals surface area contributed by atoms with Gasteiger partial charge in [0.1, 0.15) is 12.6 Å². The van der Waals surface area contributed by atoms with E-state index in [0.717, 1.165) is 38.8 Å². The number of hydrogen-bond acceptors (Lipinski definition) is 3. The fourth-order valence-electron chi connectivity index (χ4n) is 3.40. The van der Waals surface area contributed by atoms with E-state index in [0.29, 0.717) is 30.4 Å². The molecule has 4 nitrogen and oxygen atoms in total. The monoisotopic (exact) mass is 327 g/mol. The molecule has 0 heterocycles. The van der Waals surface area contributed by atoms with Crippen LogP contribution in [0.1, 0.15) is 66.2 Å². The number of carboxylic acid groups (broad SMARTS) is 1. The normalized spacial score (nSPS) is 15.0. The van der Waals surface area contributed by atoms with Crippen molar-refractivity contribution in [2.45, 2.75) is 72.3 Å². The van der Waals surface area contributed by atoms with Crippen LogP contribution in [0, 0.1) is 5.92 Å². The van der Waals surface area contributed by atoms with E-state index in [-0.39, 0.29) is 0 Å². The molecule has 0 aromatic carbocycles. The van der Waals surface area contributed by atoms with E-state index in [2.05, 4.69) is 32.9 Å². The molecule has 0 aliphatic rings. The summed E-state index contributed by atoms with van der Waals surface area (Å²) in [5.41, 5.74) is 0. The smallest absolute Gasteiger partial charge is 0.106 e. The predicted molar refractivity (Wildman–Crippen MR) is 93.8 cm³/mol. The number of unbranched alkanes of at least 4 members (excludes halogenated alkanes) is 1. The molecule has 1 N–H and O–H groups in total. The van der Waals surface area contributed by atoms with Crippen molar-refractivity contribution in [1.29, 1.82) is 0 Å². The average Bonchev–Trinajstić information content (AvgIpc) is 2.49. The van der Waals surface area contributed by atoms with Gasteiger partial charge in [0.2, 0.25) is 0 Å². The number of carbonyl (C=O) groups is 1. The van der Waals surface area contributed by atoms with Crippen LogP contribution >= 0.6 is 0 Å². The van der Waals surface area contributed by atoms with Crippen LogP contribution < -0.4 is 5.11 Å². The molecule has 0 aliphatic heterocycles. The number of allylic oxidation sites excluding steroid dienone is 1. The molecule has 0 rings (SSSR count). The molecule has 0 amide bonds. The van der Waals surface area contributed by atoms with Gasteiger partial charge in [-0.1, -0.05) is 46.3 Å². The molecule has 0 radical (unpaired) electrons. The van der Waals surface area contributed by atoms with Gasteiger partial charge in [0.25, 0.3) is 0 Å². The number of carbonyl (C=O) groups excluding carboxylic acids is 1. The molecule has 2 atom stereocenters. The Morgan fingerprint density at radius 2 is 1.65 bits per heavy atom. The second kappa shape index (κ2) is 12.5. The number of aliphatic carboxylic acids is 1. The number of quaternary nitrogens is 1. The number of carboxylic acids is 1. The van der Waals surface area contributed by atoms with E-state index >= 15 is 0 Å². The summed E-state index contributed by atoms with van der Waals surface area (Å²) in [7, 11) is 0. The number of aliphatic hydroxyl groups excluding tert-OH is 1. The topological polar surface area (TPSA) is 60.4 Å². The van der Waals surface area contributed by atoms with Gasteiger partial charge in [-0.15, -0.1) is 0 Å². The van der Waals surface area contributed by atoms with Crippen LogP contribution in [0.2, 0.25) is 0 Å². The lowest BCUT2D eigenvalue weighted by Gasteiger charge is -2.42. The van der Waals surface area contributed by atoms with E-state index in [4.69, 9.17) is 0 Å². The van der Waals surface area contributed by atoms with Crippen molar-refractivity contribution in [3.8, 4) is 0 Å². The van der Waals surface area contributed by atoms with Crippen LogP contribution in [0.3, 0.4) is 0 Å². The third-order valence-electron chi connectivity index (χ3n) is 4.46. The minimum Gasteiger partial charge on any atom is -0.550 e. The van der Waals surface area contributed by atoms with Crippen molar-refractivity contribution < 1.29 is 19.5 Å². The molecule has 0 saturated carbocycles. The van der Waals surface area contributed by atoms with Crippen molar-refractivity contribution in [2.24, 2.45) is 5.92 Å². The molecule has 2 unspecified atom stereocenters. The second-order valence-corrected chi connectivity index (χ2v) is 6.73. The third kappa shape index (κ3) is 9.11. The van der Waals surface area contributed by atoms with Gasteiger partial charge < -0.3 is 19.5 Å². The highest BCUT2D eigenvalue weighted by Crippen LogP contribution is 2.18. The first-order valence-corrected chi connectivity index (χ1v) is 9.33. The molecule has 23 heavy (non-hydrogen) atoms. The molecule has 0 aromatic rings. The third-order valence-corrected chi connectivity index (χ3v) is 4.46. The molecular formula is C19H37NO3. The van der Waals surface area contributed by atoms with Crippen molar-refractivity contribution in [3.05, 3.63) is 12.2 Å². The molecule has 0 bridgehead atoms.